The van der Waals surface area contributed by atoms with Crippen LogP contribution in [0.3, 0.4) is 0 Å². The fraction of sp³-hybridized carbons (Fsp3) is 0.333. The number of fused-ring (bicyclic) bond motifs is 3. The summed E-state index contributed by atoms with van der Waals surface area (Å²) in [6.45, 7) is 6.93. The number of nitrogens with zero attached hydrogens (tertiary/aromatic N) is 3. The lowest BCUT2D eigenvalue weighted by Gasteiger charge is -2.31. The Morgan fingerprint density at radius 2 is 2.12 bits per heavy atom. The molecule has 0 saturated heterocycles. The summed E-state index contributed by atoms with van der Waals surface area (Å²) in [5, 5.41) is 1.44. The van der Waals surface area contributed by atoms with Gasteiger partial charge in [-0.1, -0.05) is 13.1 Å². The summed E-state index contributed by atoms with van der Waals surface area (Å²) in [5.41, 5.74) is 2.55. The van der Waals surface area contributed by atoms with E-state index in [1.807, 2.05) is 18.6 Å². The normalized spacial score (nSPS) is 16.7. The summed E-state index contributed by atoms with van der Waals surface area (Å²) in [4.78, 5) is 8.79. The minimum absolute atomic E-state index is 1.11. The van der Waals surface area contributed by atoms with E-state index in [-0.39, 0.29) is 0 Å². The first-order chi connectivity index (χ1) is 7.59. The van der Waals surface area contributed by atoms with Crippen molar-refractivity contribution in [1.29, 1.82) is 0 Å². The highest BCUT2D eigenvalue weighted by Gasteiger charge is 2.34. The molecule has 0 radical (unpaired) electrons. The molecule has 1 aliphatic rings. The highest BCUT2D eigenvalue weighted by molar-refractivity contribution is 6.90. The first-order valence-corrected chi connectivity index (χ1v) is 8.77. The summed E-state index contributed by atoms with van der Waals surface area (Å²) >= 11 is 0. The van der Waals surface area contributed by atoms with Gasteiger partial charge in [0.2, 0.25) is 0 Å². The Kier molecular flexibility index (Phi) is 1.86. The van der Waals surface area contributed by atoms with Gasteiger partial charge in [-0.05, 0) is 18.2 Å². The molecular weight excluding hydrogens is 214 g/mol. The van der Waals surface area contributed by atoms with E-state index >= 15 is 0 Å². The van der Waals surface area contributed by atoms with Crippen molar-refractivity contribution in [3.8, 4) is 11.4 Å². The second-order valence-electron chi connectivity index (χ2n) is 5.11. The number of aromatic nitrogens is 3. The van der Waals surface area contributed by atoms with Gasteiger partial charge in [-0.2, -0.15) is 0 Å². The van der Waals surface area contributed by atoms with Crippen LogP contribution in [0.15, 0.2) is 24.7 Å². The summed E-state index contributed by atoms with van der Waals surface area (Å²) in [7, 11) is -1.40. The average Bonchev–Trinajstić information content (AvgIpc) is 2.60. The minimum Gasteiger partial charge on any atom is -0.331 e. The van der Waals surface area contributed by atoms with Crippen molar-refractivity contribution in [3.63, 3.8) is 0 Å². The predicted molar refractivity (Wildman–Crippen MR) is 67.3 cm³/mol. The van der Waals surface area contributed by atoms with Crippen molar-refractivity contribution in [3.05, 3.63) is 30.4 Å². The van der Waals surface area contributed by atoms with Gasteiger partial charge in [0, 0.05) is 36.0 Å². The number of pyridine rings is 1. The maximum atomic E-state index is 4.52. The second-order valence-corrected chi connectivity index (χ2v) is 9.74. The average molecular weight is 229 g/mol. The Morgan fingerprint density at radius 1 is 1.31 bits per heavy atom. The molecular formula is C12H15N3Si. The maximum Gasteiger partial charge on any atom is 0.139 e. The van der Waals surface area contributed by atoms with Gasteiger partial charge in [-0.15, -0.1) is 0 Å². The first-order valence-electron chi connectivity index (χ1n) is 5.56. The van der Waals surface area contributed by atoms with Crippen LogP contribution in [0, 0.1) is 6.92 Å². The van der Waals surface area contributed by atoms with Gasteiger partial charge in [0.05, 0.1) is 0 Å². The van der Waals surface area contributed by atoms with Crippen molar-refractivity contribution < 1.29 is 0 Å². The van der Waals surface area contributed by atoms with Crippen LogP contribution < -0.4 is 5.19 Å². The van der Waals surface area contributed by atoms with Crippen LogP contribution in [0.1, 0.15) is 5.69 Å². The fourth-order valence-electron chi connectivity index (χ4n) is 2.48. The van der Waals surface area contributed by atoms with Gasteiger partial charge >= 0.3 is 0 Å². The van der Waals surface area contributed by atoms with Gasteiger partial charge in [0.1, 0.15) is 13.9 Å². The minimum atomic E-state index is -1.40. The summed E-state index contributed by atoms with van der Waals surface area (Å²) in [6, 6.07) is 2.10. The van der Waals surface area contributed by atoms with Gasteiger partial charge in [-0.25, -0.2) is 4.98 Å². The van der Waals surface area contributed by atoms with Crippen molar-refractivity contribution in [2.24, 2.45) is 0 Å². The monoisotopic (exact) mass is 229 g/mol. The molecule has 82 valence electrons. The van der Waals surface area contributed by atoms with Crippen LogP contribution in [-0.2, 0) is 6.17 Å². The van der Waals surface area contributed by atoms with Crippen molar-refractivity contribution >= 4 is 13.3 Å². The summed E-state index contributed by atoms with van der Waals surface area (Å²) in [5.74, 6) is 1.11. The lowest BCUT2D eigenvalue weighted by molar-refractivity contribution is 0.823. The zero-order valence-corrected chi connectivity index (χ0v) is 10.9. The van der Waals surface area contributed by atoms with E-state index in [0.29, 0.717) is 0 Å². The lowest BCUT2D eigenvalue weighted by Crippen LogP contribution is -2.50. The molecule has 0 aromatic carbocycles. The third-order valence-corrected chi connectivity index (χ3v) is 6.36. The number of rotatable bonds is 0. The molecule has 2 aromatic rings. The van der Waals surface area contributed by atoms with Crippen LogP contribution >= 0.6 is 0 Å². The Bertz CT molecular complexity index is 557. The molecule has 16 heavy (non-hydrogen) atoms. The highest BCUT2D eigenvalue weighted by atomic mass is 28.3. The Balaban J connectivity index is 2.34. The molecule has 0 saturated carbocycles. The molecule has 0 atom stereocenters. The molecule has 0 spiro atoms. The van der Waals surface area contributed by atoms with E-state index < -0.39 is 8.07 Å². The Hall–Kier alpha value is -1.42. The fourth-order valence-corrected chi connectivity index (χ4v) is 5.19. The van der Waals surface area contributed by atoms with Crippen molar-refractivity contribution in [2.45, 2.75) is 26.2 Å². The maximum absolute atomic E-state index is 4.52. The topological polar surface area (TPSA) is 30.7 Å². The highest BCUT2D eigenvalue weighted by Crippen LogP contribution is 2.26. The third-order valence-electron chi connectivity index (χ3n) is 3.40. The third kappa shape index (κ3) is 1.19. The van der Waals surface area contributed by atoms with Crippen molar-refractivity contribution in [2.75, 3.05) is 0 Å². The van der Waals surface area contributed by atoms with Crippen LogP contribution in [0.4, 0.5) is 0 Å². The quantitative estimate of drug-likeness (QED) is 0.644. The van der Waals surface area contributed by atoms with E-state index in [4.69, 9.17) is 0 Å². The zero-order valence-electron chi connectivity index (χ0n) is 9.86. The second kappa shape index (κ2) is 3.04. The molecule has 3 heterocycles. The van der Waals surface area contributed by atoms with Crippen LogP contribution in [0.25, 0.3) is 11.4 Å². The molecule has 3 rings (SSSR count). The van der Waals surface area contributed by atoms with Crippen LogP contribution in [0.5, 0.6) is 0 Å². The number of hydrogen-bond acceptors (Lipinski definition) is 2. The number of aryl methyl sites for hydroxylation is 1. The molecule has 0 fully saturated rings. The largest absolute Gasteiger partial charge is 0.331 e. The van der Waals surface area contributed by atoms with E-state index in [0.717, 1.165) is 12.0 Å². The molecule has 0 bridgehead atoms. The van der Waals surface area contributed by atoms with Gasteiger partial charge < -0.3 is 4.57 Å². The predicted octanol–water partition coefficient (Wildman–Crippen LogP) is 1.72. The van der Waals surface area contributed by atoms with E-state index in [1.165, 1.54) is 16.4 Å². The van der Waals surface area contributed by atoms with Crippen LogP contribution in [-0.4, -0.2) is 22.6 Å². The van der Waals surface area contributed by atoms with Gasteiger partial charge in [0.25, 0.3) is 0 Å². The molecule has 0 unspecified atom stereocenters. The zero-order chi connectivity index (χ0) is 11.3. The molecule has 0 N–H and O–H groups in total. The summed E-state index contributed by atoms with van der Waals surface area (Å²) in [6.07, 6.45) is 6.99. The first kappa shape index (κ1) is 9.78. The van der Waals surface area contributed by atoms with E-state index in [9.17, 15) is 0 Å². The standard InChI is InChI=1S/C12H15N3Si/c1-9-6-14-12-10-4-5-13-7-11(10)16(2,3)8-15(9)12/h4-7H,8H2,1-3H3. The molecule has 1 aliphatic heterocycles. The van der Waals surface area contributed by atoms with Gasteiger partial charge in [0.15, 0.2) is 0 Å². The number of hydrogen-bond donors (Lipinski definition) is 0. The van der Waals surface area contributed by atoms with Crippen molar-refractivity contribution in [1.82, 2.24) is 14.5 Å². The van der Waals surface area contributed by atoms with Crippen LogP contribution in [0.2, 0.25) is 13.1 Å². The molecule has 4 heteroatoms. The molecule has 0 amide bonds. The SMILES string of the molecule is Cc1cnc2n1C[Si](C)(C)c1cnccc1-2. The Labute approximate surface area is 96.2 Å². The molecule has 3 nitrogen and oxygen atoms in total. The molecule has 0 aliphatic carbocycles. The summed E-state index contributed by atoms with van der Waals surface area (Å²) < 4.78 is 2.36. The van der Waals surface area contributed by atoms with E-state index in [2.05, 4.69) is 40.6 Å². The van der Waals surface area contributed by atoms with Gasteiger partial charge in [-0.3, -0.25) is 4.98 Å². The number of imidazole rings is 1. The molecule has 2 aromatic heterocycles. The Morgan fingerprint density at radius 3 is 2.94 bits per heavy atom. The lowest BCUT2D eigenvalue weighted by atomic mass is 10.2. The van der Waals surface area contributed by atoms with E-state index in [1.54, 1.807) is 0 Å². The smallest absolute Gasteiger partial charge is 0.139 e.